The van der Waals surface area contributed by atoms with Crippen LogP contribution in [0.4, 0.5) is 4.39 Å². The topological polar surface area (TPSA) is 55.8 Å². The number of amides is 1. The molecule has 0 heterocycles. The van der Waals surface area contributed by atoms with E-state index in [2.05, 4.69) is 0 Å². The molecule has 5 nitrogen and oxygen atoms in total. The molecule has 0 radical (unpaired) electrons. The van der Waals surface area contributed by atoms with Gasteiger partial charge in [0.15, 0.2) is 0 Å². The van der Waals surface area contributed by atoms with Crippen LogP contribution in [0.25, 0.3) is 0 Å². The second kappa shape index (κ2) is 6.20. The Balaban J connectivity index is 4.76. The maximum absolute atomic E-state index is 13.6. The molecule has 0 rings (SSSR count). The fraction of sp³-hybridized carbons (Fsp3) is 0.875. The quantitative estimate of drug-likeness (QED) is 0.663. The lowest BCUT2D eigenvalue weighted by Crippen LogP contribution is -2.31. The molecule has 0 fully saturated rings. The van der Waals surface area contributed by atoms with Crippen LogP contribution in [0.5, 0.6) is 0 Å². The van der Waals surface area contributed by atoms with E-state index in [1.54, 1.807) is 13.8 Å². The summed E-state index contributed by atoms with van der Waals surface area (Å²) in [5.41, 5.74) is 0. The highest BCUT2D eigenvalue weighted by atomic mass is 31.2. The molecule has 0 aromatic heterocycles. The second-order valence-corrected chi connectivity index (χ2v) is 4.99. The monoisotopic (exact) mass is 241 g/mol. The van der Waals surface area contributed by atoms with Gasteiger partial charge < -0.3 is 13.9 Å². The van der Waals surface area contributed by atoms with Crippen LogP contribution >= 0.6 is 7.60 Å². The van der Waals surface area contributed by atoms with Gasteiger partial charge in [-0.05, 0) is 13.8 Å². The standard InChI is InChI=1S/C8H17FNO4P/c1-5-13-15(12,14-6-2)7(9)8(11)10(3)4/h7H,5-6H2,1-4H3. The van der Waals surface area contributed by atoms with Crippen molar-refractivity contribution in [3.8, 4) is 0 Å². The largest absolute Gasteiger partial charge is 0.374 e. The summed E-state index contributed by atoms with van der Waals surface area (Å²) in [4.78, 5) is 12.3. The SMILES string of the molecule is CCOP(=O)(OCC)C(F)C(=O)N(C)C. The first-order chi connectivity index (χ1) is 6.89. The van der Waals surface area contributed by atoms with E-state index >= 15 is 0 Å². The van der Waals surface area contributed by atoms with Crippen molar-refractivity contribution in [2.75, 3.05) is 27.3 Å². The predicted octanol–water partition coefficient (Wildman–Crippen LogP) is 1.64. The van der Waals surface area contributed by atoms with Crippen molar-refractivity contribution in [1.29, 1.82) is 0 Å². The summed E-state index contributed by atoms with van der Waals surface area (Å²) in [7, 11) is -1.23. The number of carbonyl (C=O) groups is 1. The summed E-state index contributed by atoms with van der Waals surface area (Å²) in [6.45, 7) is 3.16. The third kappa shape index (κ3) is 3.89. The van der Waals surface area contributed by atoms with Gasteiger partial charge in [0.1, 0.15) is 0 Å². The number of hydrogen-bond donors (Lipinski definition) is 0. The van der Waals surface area contributed by atoms with Gasteiger partial charge in [-0.15, -0.1) is 0 Å². The van der Waals surface area contributed by atoms with E-state index < -0.39 is 19.4 Å². The van der Waals surface area contributed by atoms with Crippen molar-refractivity contribution in [3.05, 3.63) is 0 Å². The van der Waals surface area contributed by atoms with Crippen LogP contribution in [0.1, 0.15) is 13.8 Å². The highest BCUT2D eigenvalue weighted by Gasteiger charge is 2.42. The maximum atomic E-state index is 13.6. The Morgan fingerprint density at radius 2 is 1.73 bits per heavy atom. The Bertz CT molecular complexity index is 249. The van der Waals surface area contributed by atoms with Crippen molar-refractivity contribution < 1.29 is 22.8 Å². The van der Waals surface area contributed by atoms with Crippen LogP contribution in [-0.2, 0) is 18.4 Å². The zero-order chi connectivity index (χ0) is 12.1. The Hall–Kier alpha value is -0.450. The summed E-state index contributed by atoms with van der Waals surface area (Å²) < 4.78 is 34.8. The number of hydrogen-bond acceptors (Lipinski definition) is 4. The Morgan fingerprint density at radius 1 is 1.33 bits per heavy atom. The minimum absolute atomic E-state index is 0.0262. The molecule has 7 heteroatoms. The Morgan fingerprint density at radius 3 is 2.00 bits per heavy atom. The van der Waals surface area contributed by atoms with E-state index in [1.165, 1.54) is 14.1 Å². The lowest BCUT2D eigenvalue weighted by Gasteiger charge is -2.22. The average molecular weight is 241 g/mol. The summed E-state index contributed by atoms with van der Waals surface area (Å²) in [6.07, 6.45) is 0. The predicted molar refractivity (Wildman–Crippen MR) is 54.4 cm³/mol. The Labute approximate surface area is 89.1 Å². The average Bonchev–Trinajstić information content (AvgIpc) is 2.16. The van der Waals surface area contributed by atoms with E-state index in [0.29, 0.717) is 0 Å². The molecule has 0 aliphatic heterocycles. The van der Waals surface area contributed by atoms with Gasteiger partial charge in [-0.2, -0.15) is 0 Å². The van der Waals surface area contributed by atoms with Crippen LogP contribution < -0.4 is 0 Å². The smallest absolute Gasteiger partial charge is 0.346 e. The van der Waals surface area contributed by atoms with E-state index in [0.717, 1.165) is 4.90 Å². The minimum atomic E-state index is -3.98. The van der Waals surface area contributed by atoms with Crippen molar-refractivity contribution in [1.82, 2.24) is 4.90 Å². The summed E-state index contributed by atoms with van der Waals surface area (Å²) in [5.74, 6) is -3.17. The summed E-state index contributed by atoms with van der Waals surface area (Å²) in [5, 5.41) is 0. The number of nitrogens with zero attached hydrogens (tertiary/aromatic N) is 1. The van der Waals surface area contributed by atoms with Crippen LogP contribution in [0.15, 0.2) is 0 Å². The van der Waals surface area contributed by atoms with Crippen LogP contribution in [-0.4, -0.2) is 44.0 Å². The summed E-state index contributed by atoms with van der Waals surface area (Å²) >= 11 is 0. The normalized spacial score (nSPS) is 13.7. The van der Waals surface area contributed by atoms with Crippen LogP contribution in [0.3, 0.4) is 0 Å². The molecule has 0 aromatic rings. The molecule has 90 valence electrons. The van der Waals surface area contributed by atoms with Gasteiger partial charge in [-0.1, -0.05) is 0 Å². The van der Waals surface area contributed by atoms with Gasteiger partial charge in [0.05, 0.1) is 13.2 Å². The number of halogens is 1. The molecule has 0 bridgehead atoms. The molecule has 0 spiro atoms. The van der Waals surface area contributed by atoms with E-state index in [-0.39, 0.29) is 13.2 Å². The fourth-order valence-electron chi connectivity index (χ4n) is 0.876. The van der Waals surface area contributed by atoms with E-state index in [1.807, 2.05) is 0 Å². The van der Waals surface area contributed by atoms with Gasteiger partial charge in [-0.25, -0.2) is 4.39 Å². The zero-order valence-corrected chi connectivity index (χ0v) is 10.3. The Kier molecular flexibility index (Phi) is 6.02. The second-order valence-electron chi connectivity index (χ2n) is 2.94. The molecule has 0 saturated carbocycles. The summed E-state index contributed by atoms with van der Waals surface area (Å²) in [6, 6.07) is 0. The third-order valence-electron chi connectivity index (χ3n) is 1.54. The van der Waals surface area contributed by atoms with Crippen LogP contribution in [0.2, 0.25) is 0 Å². The van der Waals surface area contributed by atoms with Gasteiger partial charge in [0.2, 0.25) is 0 Å². The molecular weight excluding hydrogens is 224 g/mol. The molecule has 0 N–H and O–H groups in total. The molecule has 0 aliphatic carbocycles. The molecule has 0 aliphatic rings. The first-order valence-electron chi connectivity index (χ1n) is 4.63. The minimum Gasteiger partial charge on any atom is -0.346 e. The maximum Gasteiger partial charge on any atom is 0.374 e. The third-order valence-corrected chi connectivity index (χ3v) is 3.55. The van der Waals surface area contributed by atoms with E-state index in [9.17, 15) is 13.8 Å². The lowest BCUT2D eigenvalue weighted by molar-refractivity contribution is -0.131. The zero-order valence-electron chi connectivity index (χ0n) is 9.40. The van der Waals surface area contributed by atoms with Crippen molar-refractivity contribution in [2.24, 2.45) is 0 Å². The van der Waals surface area contributed by atoms with Crippen molar-refractivity contribution >= 4 is 13.5 Å². The molecular formula is C8H17FNO4P. The number of carbonyl (C=O) groups excluding carboxylic acids is 1. The molecule has 1 amide bonds. The molecule has 1 unspecified atom stereocenters. The van der Waals surface area contributed by atoms with Gasteiger partial charge >= 0.3 is 7.60 Å². The lowest BCUT2D eigenvalue weighted by atomic mass is 10.6. The molecule has 0 saturated heterocycles. The number of rotatable bonds is 6. The molecule has 1 atom stereocenters. The molecule has 0 aromatic carbocycles. The van der Waals surface area contributed by atoms with Crippen molar-refractivity contribution in [2.45, 2.75) is 19.8 Å². The van der Waals surface area contributed by atoms with Gasteiger partial charge in [0, 0.05) is 14.1 Å². The van der Waals surface area contributed by atoms with Crippen LogP contribution in [0, 0.1) is 0 Å². The highest BCUT2D eigenvalue weighted by molar-refractivity contribution is 7.55. The van der Waals surface area contributed by atoms with Gasteiger partial charge in [-0.3, -0.25) is 9.36 Å². The van der Waals surface area contributed by atoms with Gasteiger partial charge in [0.25, 0.3) is 11.8 Å². The van der Waals surface area contributed by atoms with E-state index in [4.69, 9.17) is 9.05 Å². The first kappa shape index (κ1) is 14.6. The molecule has 15 heavy (non-hydrogen) atoms. The van der Waals surface area contributed by atoms with Crippen molar-refractivity contribution in [3.63, 3.8) is 0 Å². The first-order valence-corrected chi connectivity index (χ1v) is 6.24. The fourth-order valence-corrected chi connectivity index (χ4v) is 2.43. The highest BCUT2D eigenvalue weighted by Crippen LogP contribution is 2.54. The number of alkyl halides is 1.